The number of hydrogen-bond donors (Lipinski definition) is 1. The van der Waals surface area contributed by atoms with E-state index in [-0.39, 0.29) is 31.4 Å². The quantitative estimate of drug-likeness (QED) is 0.472. The molecule has 0 spiro atoms. The molecule has 2 atom stereocenters. The average Bonchev–Trinajstić information content (AvgIpc) is 2.65. The number of ether oxygens (including phenoxy) is 2. The van der Waals surface area contributed by atoms with Crippen LogP contribution in [0.15, 0.2) is 30.3 Å². The molecule has 29 heavy (non-hydrogen) atoms. The fourth-order valence-electron chi connectivity index (χ4n) is 3.14. The number of carbonyl (C=O) groups is 1. The zero-order valence-corrected chi connectivity index (χ0v) is 18.1. The molecule has 2 aromatic rings. The van der Waals surface area contributed by atoms with Crippen LogP contribution in [-0.2, 0) is 25.4 Å². The highest BCUT2D eigenvalue weighted by Crippen LogP contribution is 2.31. The van der Waals surface area contributed by atoms with Crippen LogP contribution in [0.3, 0.4) is 0 Å². The van der Waals surface area contributed by atoms with E-state index in [1.807, 2.05) is 26.0 Å². The van der Waals surface area contributed by atoms with Gasteiger partial charge in [0.2, 0.25) is 6.35 Å². The van der Waals surface area contributed by atoms with Crippen molar-refractivity contribution in [3.63, 3.8) is 0 Å². The lowest BCUT2D eigenvalue weighted by Crippen LogP contribution is -2.17. The Morgan fingerprint density at radius 3 is 2.55 bits per heavy atom. The van der Waals surface area contributed by atoms with Crippen LogP contribution in [0.5, 0.6) is 0 Å². The Morgan fingerprint density at radius 1 is 1.17 bits per heavy atom. The van der Waals surface area contributed by atoms with Crippen LogP contribution < -0.4 is 0 Å². The molecule has 1 N–H and O–H groups in total. The van der Waals surface area contributed by atoms with Gasteiger partial charge in [-0.05, 0) is 60.7 Å². The summed E-state index contributed by atoms with van der Waals surface area (Å²) in [4.78, 5) is 11.2. The van der Waals surface area contributed by atoms with Crippen molar-refractivity contribution in [2.45, 2.75) is 39.9 Å². The van der Waals surface area contributed by atoms with Crippen molar-refractivity contribution < 1.29 is 28.3 Å². The summed E-state index contributed by atoms with van der Waals surface area (Å²) < 4.78 is 36.0. The molecule has 156 valence electrons. The molecule has 7 heteroatoms. The Morgan fingerprint density at radius 2 is 1.90 bits per heavy atom. The fourth-order valence-corrected chi connectivity index (χ4v) is 4.14. The molecule has 0 saturated heterocycles. The smallest absolute Gasteiger partial charge is 0.369 e. The van der Waals surface area contributed by atoms with Gasteiger partial charge in [-0.1, -0.05) is 28.3 Å². The van der Waals surface area contributed by atoms with Crippen molar-refractivity contribution in [3.8, 4) is 11.1 Å². The van der Waals surface area contributed by atoms with Crippen LogP contribution in [0.1, 0.15) is 28.7 Å². The molecule has 2 rings (SSSR count). The molecule has 0 heterocycles. The van der Waals surface area contributed by atoms with E-state index >= 15 is 0 Å². The van der Waals surface area contributed by atoms with E-state index < -0.39 is 19.9 Å². The SMILES string of the molecule is COC(=O)C[C@H](O)C[P+](=O)COCc1c(C)cc(C)cc1-c1ccc(F)c(C)c1. The summed E-state index contributed by atoms with van der Waals surface area (Å²) in [7, 11) is -0.582. The Bertz CT molecular complexity index is 897. The summed E-state index contributed by atoms with van der Waals surface area (Å²) in [6.07, 6.45) is -1.26. The summed E-state index contributed by atoms with van der Waals surface area (Å²) in [5.41, 5.74) is 5.47. The number of carbonyl (C=O) groups excluding carboxylic acids is 1. The molecular weight excluding hydrogens is 394 g/mol. The van der Waals surface area contributed by atoms with Crippen LogP contribution in [-0.4, -0.2) is 36.8 Å². The van der Waals surface area contributed by atoms with E-state index in [9.17, 15) is 18.9 Å². The van der Waals surface area contributed by atoms with E-state index in [2.05, 4.69) is 4.74 Å². The number of aliphatic hydroxyl groups excluding tert-OH is 1. The summed E-state index contributed by atoms with van der Waals surface area (Å²) in [5, 5.41) is 9.78. The van der Waals surface area contributed by atoms with E-state index in [1.54, 1.807) is 19.1 Å². The number of halogens is 1. The van der Waals surface area contributed by atoms with Gasteiger partial charge in [-0.15, -0.1) is 0 Å². The van der Waals surface area contributed by atoms with Crippen LogP contribution in [0.2, 0.25) is 0 Å². The molecule has 0 saturated carbocycles. The highest BCUT2D eigenvalue weighted by molar-refractivity contribution is 7.44. The average molecular weight is 421 g/mol. The van der Waals surface area contributed by atoms with E-state index in [1.165, 1.54) is 13.2 Å². The van der Waals surface area contributed by atoms with Gasteiger partial charge >= 0.3 is 13.8 Å². The third-order valence-electron chi connectivity index (χ3n) is 4.61. The zero-order valence-electron chi connectivity index (χ0n) is 17.2. The largest absolute Gasteiger partial charge is 0.469 e. The molecule has 0 radical (unpaired) electrons. The second-order valence-corrected chi connectivity index (χ2v) is 8.73. The molecule has 0 aliphatic heterocycles. The first kappa shape index (κ1) is 23.1. The highest BCUT2D eigenvalue weighted by Gasteiger charge is 2.24. The molecule has 1 unspecified atom stereocenters. The summed E-state index contributed by atoms with van der Waals surface area (Å²) >= 11 is 0. The maximum atomic E-state index is 13.7. The van der Waals surface area contributed by atoms with Crippen LogP contribution in [0.25, 0.3) is 11.1 Å². The van der Waals surface area contributed by atoms with E-state index in [4.69, 9.17) is 4.74 Å². The van der Waals surface area contributed by atoms with Crippen molar-refractivity contribution in [2.24, 2.45) is 0 Å². The minimum Gasteiger partial charge on any atom is -0.469 e. The number of rotatable bonds is 9. The Kier molecular flexibility index (Phi) is 8.45. The lowest BCUT2D eigenvalue weighted by Gasteiger charge is -2.15. The topological polar surface area (TPSA) is 72.8 Å². The van der Waals surface area contributed by atoms with Gasteiger partial charge in [0.15, 0.2) is 6.16 Å². The molecule has 5 nitrogen and oxygen atoms in total. The van der Waals surface area contributed by atoms with Crippen LogP contribution >= 0.6 is 7.80 Å². The number of benzene rings is 2. The van der Waals surface area contributed by atoms with Crippen molar-refractivity contribution in [3.05, 3.63) is 58.4 Å². The molecule has 0 aromatic heterocycles. The minimum absolute atomic E-state index is 0.0250. The third kappa shape index (κ3) is 6.70. The second-order valence-electron chi connectivity index (χ2n) is 7.15. The number of hydrogen-bond acceptors (Lipinski definition) is 5. The van der Waals surface area contributed by atoms with Gasteiger partial charge in [0.05, 0.1) is 20.1 Å². The summed E-state index contributed by atoms with van der Waals surface area (Å²) in [5.74, 6) is -0.797. The van der Waals surface area contributed by atoms with Crippen molar-refractivity contribution in [2.75, 3.05) is 19.6 Å². The molecule has 0 aliphatic carbocycles. The predicted molar refractivity (Wildman–Crippen MR) is 111 cm³/mol. The number of esters is 1. The van der Waals surface area contributed by atoms with E-state index in [0.717, 1.165) is 27.8 Å². The lowest BCUT2D eigenvalue weighted by molar-refractivity contribution is -0.142. The summed E-state index contributed by atoms with van der Waals surface area (Å²) in [6, 6.07) is 9.06. The molecule has 0 fully saturated rings. The Hall–Kier alpha value is -2.14. The number of methoxy groups -OCH3 is 1. The first-order valence-corrected chi connectivity index (χ1v) is 11.0. The molecule has 0 amide bonds. The van der Waals surface area contributed by atoms with Crippen molar-refractivity contribution in [1.82, 2.24) is 0 Å². The normalized spacial score (nSPS) is 12.6. The number of aliphatic hydroxyl groups is 1. The summed E-state index contributed by atoms with van der Waals surface area (Å²) in [6.45, 7) is 5.94. The van der Waals surface area contributed by atoms with Crippen molar-refractivity contribution >= 4 is 13.8 Å². The van der Waals surface area contributed by atoms with E-state index in [0.29, 0.717) is 5.56 Å². The van der Waals surface area contributed by atoms with Gasteiger partial charge < -0.3 is 14.6 Å². The standard InChI is InChI=1S/C22H27FO5P/c1-14-7-15(2)20(19(8-14)17-5-6-21(23)16(3)9-17)11-28-13-29(26)12-18(24)10-22(25)27-4/h5-9,18,24H,10-13H2,1-4H3/q+1/t18-/m0/s1. The maximum Gasteiger partial charge on any atom is 0.369 e. The van der Waals surface area contributed by atoms with Crippen molar-refractivity contribution in [1.29, 1.82) is 0 Å². The highest BCUT2D eigenvalue weighted by atomic mass is 31.1. The molecule has 0 aliphatic rings. The fraction of sp³-hybridized carbons (Fsp3) is 0.409. The van der Waals surface area contributed by atoms with Gasteiger partial charge in [-0.3, -0.25) is 4.79 Å². The van der Waals surface area contributed by atoms with Gasteiger partial charge in [-0.2, -0.15) is 0 Å². The van der Waals surface area contributed by atoms with Crippen LogP contribution in [0, 0.1) is 26.6 Å². The first-order valence-electron chi connectivity index (χ1n) is 9.32. The molecule has 2 aromatic carbocycles. The van der Waals surface area contributed by atoms with Gasteiger partial charge in [-0.25, -0.2) is 4.39 Å². The predicted octanol–water partition coefficient (Wildman–Crippen LogP) is 4.64. The monoisotopic (exact) mass is 421 g/mol. The second kappa shape index (κ2) is 10.6. The minimum atomic E-state index is -1.82. The first-order chi connectivity index (χ1) is 13.7. The van der Waals surface area contributed by atoms with Gasteiger partial charge in [0.25, 0.3) is 0 Å². The molecule has 0 bridgehead atoms. The molecular formula is C22H27FO5P+. The third-order valence-corrected chi connectivity index (χ3v) is 5.91. The lowest BCUT2D eigenvalue weighted by atomic mass is 9.93. The zero-order chi connectivity index (χ0) is 21.6. The van der Waals surface area contributed by atoms with Gasteiger partial charge in [0, 0.05) is 0 Å². The number of aryl methyl sites for hydroxylation is 3. The Balaban J connectivity index is 2.08. The maximum absolute atomic E-state index is 13.7. The van der Waals surface area contributed by atoms with Gasteiger partial charge in [0.1, 0.15) is 11.9 Å². The Labute approximate surface area is 171 Å². The van der Waals surface area contributed by atoms with Crippen LogP contribution in [0.4, 0.5) is 4.39 Å².